The number of H-pyrrole nitrogens is 1. The number of phenolic OH excluding ortho intramolecular Hbond substituents is 1. The monoisotopic (exact) mass is 498 g/mol. The van der Waals surface area contributed by atoms with Crippen LogP contribution in [0.4, 0.5) is 0 Å². The summed E-state index contributed by atoms with van der Waals surface area (Å²) in [6.45, 7) is -0.101. The molecule has 0 aliphatic carbocycles. The number of hydrogen-bond donors (Lipinski definition) is 7. The average molecular weight is 498 g/mol. The minimum Gasteiger partial charge on any atom is -0.508 e. The molecule has 0 saturated heterocycles. The van der Waals surface area contributed by atoms with Gasteiger partial charge in [-0.05, 0) is 17.7 Å². The SMILES string of the molecule is N[C@@H](Cn1ccc(=O)c(O)c1)C(=O)N[C@@H](Cc1cnc[nH]1)C(=O)N[C@@H](Cc1ccc(O)cc1)C(=O)O. The highest BCUT2D eigenvalue weighted by Gasteiger charge is 2.29. The first kappa shape index (κ1) is 26.0. The molecule has 0 radical (unpaired) electrons. The molecule has 3 aromatic rings. The summed E-state index contributed by atoms with van der Waals surface area (Å²) in [5.41, 5.74) is 6.47. The predicted octanol–water partition coefficient (Wildman–Crippen LogP) is -1.15. The number of amides is 2. The van der Waals surface area contributed by atoms with Crippen molar-refractivity contribution in [2.45, 2.75) is 37.5 Å². The first-order chi connectivity index (χ1) is 17.1. The van der Waals surface area contributed by atoms with E-state index in [4.69, 9.17) is 5.73 Å². The highest BCUT2D eigenvalue weighted by molar-refractivity contribution is 5.92. The van der Waals surface area contributed by atoms with Crippen LogP contribution in [-0.4, -0.2) is 65.8 Å². The van der Waals surface area contributed by atoms with Gasteiger partial charge in [0, 0.05) is 49.7 Å². The van der Waals surface area contributed by atoms with Gasteiger partial charge in [0.25, 0.3) is 0 Å². The number of nitrogens with one attached hydrogen (secondary N) is 3. The van der Waals surface area contributed by atoms with Gasteiger partial charge in [0.15, 0.2) is 5.75 Å². The maximum Gasteiger partial charge on any atom is 0.326 e. The molecule has 8 N–H and O–H groups in total. The van der Waals surface area contributed by atoms with Crippen LogP contribution in [0.2, 0.25) is 0 Å². The van der Waals surface area contributed by atoms with E-state index in [-0.39, 0.29) is 25.1 Å². The van der Waals surface area contributed by atoms with Crippen molar-refractivity contribution < 1.29 is 29.7 Å². The molecule has 0 fully saturated rings. The van der Waals surface area contributed by atoms with Gasteiger partial charge >= 0.3 is 5.97 Å². The fourth-order valence-corrected chi connectivity index (χ4v) is 3.38. The van der Waals surface area contributed by atoms with Gasteiger partial charge in [-0.2, -0.15) is 0 Å². The number of imidazole rings is 1. The number of hydrogen-bond acceptors (Lipinski definition) is 8. The minimum atomic E-state index is -1.30. The van der Waals surface area contributed by atoms with Crippen LogP contribution in [-0.2, 0) is 33.8 Å². The number of pyridine rings is 1. The summed E-state index contributed by atoms with van der Waals surface area (Å²) < 4.78 is 1.35. The molecule has 2 heterocycles. The number of carbonyl (C=O) groups is 3. The van der Waals surface area contributed by atoms with Crippen LogP contribution < -0.4 is 21.8 Å². The number of carboxylic acid groups (broad SMARTS) is 1. The first-order valence-electron chi connectivity index (χ1n) is 10.9. The minimum absolute atomic E-state index is 0.0191. The van der Waals surface area contributed by atoms with Crippen LogP contribution in [0.25, 0.3) is 0 Å². The maximum absolute atomic E-state index is 13.0. The molecule has 0 saturated carbocycles. The van der Waals surface area contributed by atoms with Gasteiger partial charge in [-0.3, -0.25) is 14.4 Å². The second-order valence-electron chi connectivity index (χ2n) is 8.11. The summed E-state index contributed by atoms with van der Waals surface area (Å²) in [7, 11) is 0. The number of aromatic amines is 1. The van der Waals surface area contributed by atoms with E-state index >= 15 is 0 Å². The number of carbonyl (C=O) groups excluding carboxylic acids is 2. The third kappa shape index (κ3) is 7.17. The van der Waals surface area contributed by atoms with Crippen molar-refractivity contribution in [3.05, 3.63) is 76.7 Å². The number of rotatable bonds is 11. The number of phenols is 1. The number of aliphatic carboxylic acids is 1. The number of nitrogens with zero attached hydrogens (tertiary/aromatic N) is 2. The third-order valence-corrected chi connectivity index (χ3v) is 5.30. The summed E-state index contributed by atoms with van der Waals surface area (Å²) in [5.74, 6) is -3.23. The topological polar surface area (TPSA) is 213 Å². The highest BCUT2D eigenvalue weighted by atomic mass is 16.4. The fraction of sp³-hybridized carbons (Fsp3) is 0.261. The number of aromatic hydroxyl groups is 2. The molecule has 190 valence electrons. The lowest BCUT2D eigenvalue weighted by Gasteiger charge is -2.23. The first-order valence-corrected chi connectivity index (χ1v) is 10.9. The normalized spacial score (nSPS) is 13.4. The number of nitrogens with two attached hydrogens (primary N) is 1. The van der Waals surface area contributed by atoms with Gasteiger partial charge in [-0.25, -0.2) is 9.78 Å². The van der Waals surface area contributed by atoms with Crippen molar-refractivity contribution in [3.63, 3.8) is 0 Å². The molecule has 36 heavy (non-hydrogen) atoms. The molecule has 13 nitrogen and oxygen atoms in total. The van der Waals surface area contributed by atoms with E-state index in [1.165, 1.54) is 47.6 Å². The van der Waals surface area contributed by atoms with Gasteiger partial charge < -0.3 is 41.2 Å². The lowest BCUT2D eigenvalue weighted by molar-refractivity contribution is -0.142. The highest BCUT2D eigenvalue weighted by Crippen LogP contribution is 2.12. The molecule has 0 bridgehead atoms. The van der Waals surface area contributed by atoms with Crippen molar-refractivity contribution in [1.82, 2.24) is 25.2 Å². The van der Waals surface area contributed by atoms with Crippen molar-refractivity contribution in [2.24, 2.45) is 5.73 Å². The Hall–Kier alpha value is -4.65. The Labute approximate surface area is 204 Å². The number of aromatic nitrogens is 3. The van der Waals surface area contributed by atoms with E-state index in [9.17, 15) is 34.5 Å². The quantitative estimate of drug-likeness (QED) is 0.170. The average Bonchev–Trinajstić information content (AvgIpc) is 3.35. The lowest BCUT2D eigenvalue weighted by Crippen LogP contribution is -2.56. The van der Waals surface area contributed by atoms with E-state index in [1.54, 1.807) is 0 Å². The van der Waals surface area contributed by atoms with Crippen molar-refractivity contribution in [2.75, 3.05) is 0 Å². The van der Waals surface area contributed by atoms with Gasteiger partial charge in [0.2, 0.25) is 17.2 Å². The molecule has 0 aliphatic heterocycles. The summed E-state index contributed by atoms with van der Waals surface area (Å²) in [6, 6.07) is 3.35. The summed E-state index contributed by atoms with van der Waals surface area (Å²) in [5, 5.41) is 33.6. The summed E-state index contributed by atoms with van der Waals surface area (Å²) in [4.78, 5) is 55.7. The van der Waals surface area contributed by atoms with Gasteiger partial charge in [0.1, 0.15) is 23.9 Å². The molecular weight excluding hydrogens is 472 g/mol. The third-order valence-electron chi connectivity index (χ3n) is 5.30. The van der Waals surface area contributed by atoms with E-state index in [0.717, 1.165) is 12.3 Å². The van der Waals surface area contributed by atoms with Crippen LogP contribution >= 0.6 is 0 Å². The zero-order chi connectivity index (χ0) is 26.2. The van der Waals surface area contributed by atoms with Crippen molar-refractivity contribution >= 4 is 17.8 Å². The molecule has 2 aromatic heterocycles. The molecule has 0 aliphatic rings. The Morgan fingerprint density at radius 1 is 1.03 bits per heavy atom. The second-order valence-corrected chi connectivity index (χ2v) is 8.11. The Balaban J connectivity index is 1.71. The summed E-state index contributed by atoms with van der Waals surface area (Å²) >= 11 is 0. The molecule has 0 spiro atoms. The largest absolute Gasteiger partial charge is 0.508 e. The maximum atomic E-state index is 13.0. The van der Waals surface area contributed by atoms with E-state index in [1.807, 2.05) is 0 Å². The summed E-state index contributed by atoms with van der Waals surface area (Å²) in [6.07, 6.45) is 5.26. The van der Waals surface area contributed by atoms with Crippen molar-refractivity contribution in [3.8, 4) is 11.5 Å². The second kappa shape index (κ2) is 11.7. The van der Waals surface area contributed by atoms with Gasteiger partial charge in [-0.15, -0.1) is 0 Å². The zero-order valence-electron chi connectivity index (χ0n) is 19.0. The van der Waals surface area contributed by atoms with Crippen LogP contribution in [0.1, 0.15) is 11.3 Å². The van der Waals surface area contributed by atoms with Gasteiger partial charge in [-0.1, -0.05) is 12.1 Å². The Kier molecular flexibility index (Phi) is 8.41. The van der Waals surface area contributed by atoms with Crippen LogP contribution in [0.5, 0.6) is 11.5 Å². The standard InChI is InChI=1S/C23H26N6O7/c24-16(10-29-6-5-19(31)20(32)11-29)21(33)27-17(8-14-9-25-12-26-14)22(34)28-18(23(35)36)7-13-1-3-15(30)4-2-13/h1-6,9,11-12,16-18,30,32H,7-8,10,24H2,(H,25,26)(H,27,33)(H,28,34)(H,35,36)/t16-,17-,18-/m0/s1. The fourth-order valence-electron chi connectivity index (χ4n) is 3.38. The van der Waals surface area contributed by atoms with E-state index < -0.39 is 47.1 Å². The molecule has 3 rings (SSSR count). The smallest absolute Gasteiger partial charge is 0.326 e. The molecular formula is C23H26N6O7. The predicted molar refractivity (Wildman–Crippen MR) is 126 cm³/mol. The Morgan fingerprint density at radius 2 is 1.72 bits per heavy atom. The number of carboxylic acids is 1. The zero-order valence-corrected chi connectivity index (χ0v) is 19.0. The van der Waals surface area contributed by atoms with E-state index in [2.05, 4.69) is 20.6 Å². The Morgan fingerprint density at radius 3 is 2.33 bits per heavy atom. The Bertz CT molecular complexity index is 1260. The van der Waals surface area contributed by atoms with E-state index in [0.29, 0.717) is 11.3 Å². The lowest BCUT2D eigenvalue weighted by atomic mass is 10.0. The van der Waals surface area contributed by atoms with Crippen LogP contribution in [0.15, 0.2) is 60.0 Å². The molecule has 0 unspecified atom stereocenters. The molecule has 1 aromatic carbocycles. The van der Waals surface area contributed by atoms with Crippen LogP contribution in [0, 0.1) is 0 Å². The van der Waals surface area contributed by atoms with Crippen molar-refractivity contribution in [1.29, 1.82) is 0 Å². The molecule has 3 atom stereocenters. The molecule has 13 heteroatoms. The van der Waals surface area contributed by atoms with Crippen LogP contribution in [0.3, 0.4) is 0 Å². The number of benzene rings is 1. The van der Waals surface area contributed by atoms with Gasteiger partial charge in [0.05, 0.1) is 6.33 Å². The molecule has 2 amide bonds.